The minimum absolute atomic E-state index is 0.333. The van der Waals surface area contributed by atoms with Gasteiger partial charge in [0.25, 0.3) is 0 Å². The van der Waals surface area contributed by atoms with E-state index in [1.54, 1.807) is 12.1 Å². The molecule has 0 atom stereocenters. The van der Waals surface area contributed by atoms with Crippen molar-refractivity contribution >= 4 is 11.5 Å². The van der Waals surface area contributed by atoms with E-state index in [4.69, 9.17) is 5.11 Å². The summed E-state index contributed by atoms with van der Waals surface area (Å²) in [5.74, 6) is -0.880. The summed E-state index contributed by atoms with van der Waals surface area (Å²) in [6.07, 6.45) is 8.55. The molecule has 1 aromatic carbocycles. The van der Waals surface area contributed by atoms with Crippen molar-refractivity contribution in [1.82, 2.24) is 0 Å². The van der Waals surface area contributed by atoms with E-state index >= 15 is 0 Å². The Morgan fingerprint density at radius 2 is 1.87 bits per heavy atom. The largest absolute Gasteiger partial charge is 0.478 e. The maximum atomic E-state index is 10.7. The Morgan fingerprint density at radius 1 is 1.13 bits per heavy atom. The predicted molar refractivity (Wildman–Crippen MR) is 59.8 cm³/mol. The van der Waals surface area contributed by atoms with Crippen LogP contribution in [0.2, 0.25) is 0 Å². The Bertz CT molecular complexity index is 424. The number of rotatable bonds is 2. The molecular weight excluding hydrogens is 188 g/mol. The summed E-state index contributed by atoms with van der Waals surface area (Å²) in [5, 5.41) is 8.76. The lowest BCUT2D eigenvalue weighted by Gasteiger charge is -2.07. The van der Waals surface area contributed by atoms with Crippen LogP contribution < -0.4 is 0 Å². The fourth-order valence-corrected chi connectivity index (χ4v) is 1.63. The zero-order valence-corrected chi connectivity index (χ0v) is 8.31. The van der Waals surface area contributed by atoms with Crippen molar-refractivity contribution in [3.05, 3.63) is 53.6 Å². The van der Waals surface area contributed by atoms with Crippen molar-refractivity contribution in [1.29, 1.82) is 0 Å². The van der Waals surface area contributed by atoms with E-state index in [2.05, 4.69) is 18.2 Å². The van der Waals surface area contributed by atoms with Gasteiger partial charge >= 0.3 is 5.97 Å². The van der Waals surface area contributed by atoms with Gasteiger partial charge < -0.3 is 5.11 Å². The third-order valence-corrected chi connectivity index (χ3v) is 2.46. The van der Waals surface area contributed by atoms with Gasteiger partial charge in [-0.2, -0.15) is 0 Å². The highest BCUT2D eigenvalue weighted by atomic mass is 16.4. The van der Waals surface area contributed by atoms with E-state index in [1.165, 1.54) is 5.57 Å². The van der Waals surface area contributed by atoms with Crippen LogP contribution in [-0.4, -0.2) is 11.1 Å². The molecule has 0 spiro atoms. The lowest BCUT2D eigenvalue weighted by molar-refractivity contribution is 0.0697. The molecule has 1 aliphatic rings. The monoisotopic (exact) mass is 200 g/mol. The minimum atomic E-state index is -0.880. The first-order chi connectivity index (χ1) is 7.27. The molecule has 76 valence electrons. The van der Waals surface area contributed by atoms with Gasteiger partial charge in [0.15, 0.2) is 0 Å². The van der Waals surface area contributed by atoms with E-state index in [1.807, 2.05) is 12.1 Å². The molecule has 2 nitrogen and oxygen atoms in total. The Labute approximate surface area is 88.6 Å². The summed E-state index contributed by atoms with van der Waals surface area (Å²) >= 11 is 0. The van der Waals surface area contributed by atoms with Gasteiger partial charge in [-0.05, 0) is 36.1 Å². The number of benzene rings is 1. The van der Waals surface area contributed by atoms with E-state index < -0.39 is 5.97 Å². The molecule has 0 radical (unpaired) electrons. The molecule has 0 bridgehead atoms. The smallest absolute Gasteiger partial charge is 0.335 e. The van der Waals surface area contributed by atoms with Crippen LogP contribution in [0.25, 0.3) is 5.57 Å². The lowest BCUT2D eigenvalue weighted by atomic mass is 9.99. The second-order valence-electron chi connectivity index (χ2n) is 3.52. The second kappa shape index (κ2) is 4.13. The Kier molecular flexibility index (Phi) is 2.68. The molecule has 0 saturated carbocycles. The van der Waals surface area contributed by atoms with Crippen molar-refractivity contribution in [3.8, 4) is 0 Å². The van der Waals surface area contributed by atoms with E-state index in [-0.39, 0.29) is 0 Å². The third kappa shape index (κ3) is 2.15. The standard InChI is InChI=1S/C13H12O2/c14-13(15)12-8-6-11(7-9-12)10-4-2-1-3-5-10/h2,4-9H,1,3H2,(H,14,15). The molecule has 2 rings (SSSR count). The minimum Gasteiger partial charge on any atom is -0.478 e. The summed E-state index contributed by atoms with van der Waals surface area (Å²) in [6.45, 7) is 0. The summed E-state index contributed by atoms with van der Waals surface area (Å²) < 4.78 is 0. The molecule has 0 amide bonds. The Hall–Kier alpha value is -1.83. The highest BCUT2D eigenvalue weighted by molar-refractivity contribution is 5.88. The first kappa shape index (κ1) is 9.71. The van der Waals surface area contributed by atoms with Crippen LogP contribution in [0.15, 0.2) is 42.5 Å². The average molecular weight is 200 g/mol. The van der Waals surface area contributed by atoms with Crippen LogP contribution >= 0.6 is 0 Å². The summed E-state index contributed by atoms with van der Waals surface area (Å²) in [4.78, 5) is 10.7. The first-order valence-corrected chi connectivity index (χ1v) is 4.98. The van der Waals surface area contributed by atoms with Gasteiger partial charge in [-0.25, -0.2) is 4.79 Å². The van der Waals surface area contributed by atoms with Crippen molar-refractivity contribution < 1.29 is 9.90 Å². The average Bonchev–Trinajstić information content (AvgIpc) is 2.30. The molecule has 0 heterocycles. The maximum absolute atomic E-state index is 10.7. The molecule has 0 unspecified atom stereocenters. The number of carboxylic acid groups (broad SMARTS) is 1. The highest BCUT2D eigenvalue weighted by Crippen LogP contribution is 2.21. The van der Waals surface area contributed by atoms with Gasteiger partial charge in [0.05, 0.1) is 5.56 Å². The number of carbonyl (C=O) groups is 1. The first-order valence-electron chi connectivity index (χ1n) is 4.98. The van der Waals surface area contributed by atoms with Crippen molar-refractivity contribution in [3.63, 3.8) is 0 Å². The molecule has 1 N–H and O–H groups in total. The van der Waals surface area contributed by atoms with Gasteiger partial charge in [-0.15, -0.1) is 0 Å². The molecule has 15 heavy (non-hydrogen) atoms. The highest BCUT2D eigenvalue weighted by Gasteiger charge is 2.04. The second-order valence-corrected chi connectivity index (χ2v) is 3.52. The normalized spacial score (nSPS) is 14.8. The Morgan fingerprint density at radius 3 is 2.40 bits per heavy atom. The van der Waals surface area contributed by atoms with Crippen LogP contribution in [0.1, 0.15) is 28.8 Å². The third-order valence-electron chi connectivity index (χ3n) is 2.46. The fraction of sp³-hybridized carbons (Fsp3) is 0.154. The number of carboxylic acids is 1. The van der Waals surface area contributed by atoms with Gasteiger partial charge in [0.2, 0.25) is 0 Å². The molecular formula is C13H12O2. The van der Waals surface area contributed by atoms with Crippen molar-refractivity contribution in [2.24, 2.45) is 0 Å². The maximum Gasteiger partial charge on any atom is 0.335 e. The van der Waals surface area contributed by atoms with Crippen LogP contribution in [0.4, 0.5) is 0 Å². The van der Waals surface area contributed by atoms with Gasteiger partial charge in [-0.3, -0.25) is 0 Å². The molecule has 0 saturated heterocycles. The zero-order valence-electron chi connectivity index (χ0n) is 8.31. The fourth-order valence-electron chi connectivity index (χ4n) is 1.63. The molecule has 0 fully saturated rings. The van der Waals surface area contributed by atoms with Crippen molar-refractivity contribution in [2.75, 3.05) is 0 Å². The van der Waals surface area contributed by atoms with Gasteiger partial charge in [0, 0.05) is 0 Å². The molecule has 1 aliphatic carbocycles. The summed E-state index contributed by atoms with van der Waals surface area (Å²) in [5.41, 5.74) is 2.59. The van der Waals surface area contributed by atoms with Gasteiger partial charge in [-0.1, -0.05) is 30.4 Å². The van der Waals surface area contributed by atoms with Crippen LogP contribution in [0, 0.1) is 0 Å². The number of hydrogen-bond acceptors (Lipinski definition) is 1. The summed E-state index contributed by atoms with van der Waals surface area (Å²) in [7, 11) is 0. The van der Waals surface area contributed by atoms with Crippen LogP contribution in [-0.2, 0) is 0 Å². The predicted octanol–water partition coefficient (Wildman–Crippen LogP) is 3.12. The lowest BCUT2D eigenvalue weighted by Crippen LogP contribution is -1.95. The van der Waals surface area contributed by atoms with E-state index in [0.717, 1.165) is 18.4 Å². The quantitative estimate of drug-likeness (QED) is 0.796. The number of aromatic carboxylic acids is 1. The molecule has 0 aliphatic heterocycles. The molecule has 0 aromatic heterocycles. The Balaban J connectivity index is 2.27. The molecule has 2 heteroatoms. The van der Waals surface area contributed by atoms with E-state index in [9.17, 15) is 4.79 Å². The molecule has 1 aromatic rings. The summed E-state index contributed by atoms with van der Waals surface area (Å²) in [6, 6.07) is 6.98. The van der Waals surface area contributed by atoms with Crippen molar-refractivity contribution in [2.45, 2.75) is 12.8 Å². The SMILES string of the molecule is O=C(O)c1ccc(C2=CCCC=C2)cc1. The number of hydrogen-bond donors (Lipinski definition) is 1. The topological polar surface area (TPSA) is 37.3 Å². The van der Waals surface area contributed by atoms with E-state index in [0.29, 0.717) is 5.56 Å². The van der Waals surface area contributed by atoms with Crippen LogP contribution in [0.3, 0.4) is 0 Å². The number of allylic oxidation sites excluding steroid dienone is 4. The van der Waals surface area contributed by atoms with Crippen LogP contribution in [0.5, 0.6) is 0 Å². The zero-order chi connectivity index (χ0) is 10.7. The van der Waals surface area contributed by atoms with Gasteiger partial charge in [0.1, 0.15) is 0 Å².